The number of rotatable bonds is 3. The van der Waals surface area contributed by atoms with Crippen LogP contribution in [0.5, 0.6) is 0 Å². The van der Waals surface area contributed by atoms with Gasteiger partial charge >= 0.3 is 0 Å². The molecule has 74 valence electrons. The highest BCUT2D eigenvalue weighted by Crippen LogP contribution is 2.31. The van der Waals surface area contributed by atoms with Crippen LogP contribution in [0, 0.1) is 5.41 Å². The van der Waals surface area contributed by atoms with Crippen molar-refractivity contribution in [1.29, 1.82) is 0 Å². The summed E-state index contributed by atoms with van der Waals surface area (Å²) < 4.78 is 5.33. The Kier molecular flexibility index (Phi) is 3.73. The van der Waals surface area contributed by atoms with E-state index in [1.54, 1.807) is 7.11 Å². The Balaban J connectivity index is 4.53. The zero-order valence-corrected chi connectivity index (χ0v) is 9.14. The summed E-state index contributed by atoms with van der Waals surface area (Å²) in [7, 11) is 1.65. The van der Waals surface area contributed by atoms with Crippen LogP contribution in [0.4, 0.5) is 0 Å². The maximum Gasteiger partial charge on any atom is 0.0910 e. The third-order valence-electron chi connectivity index (χ3n) is 2.57. The lowest BCUT2D eigenvalue weighted by Crippen LogP contribution is -2.48. The number of hydrogen-bond donors (Lipinski definition) is 1. The van der Waals surface area contributed by atoms with Gasteiger partial charge in [0.15, 0.2) is 0 Å². The molecule has 0 aliphatic heterocycles. The molecule has 12 heavy (non-hydrogen) atoms. The zero-order chi connectivity index (χ0) is 9.99. The van der Waals surface area contributed by atoms with Crippen molar-refractivity contribution in [1.82, 2.24) is 0 Å². The number of aliphatic hydroxyl groups excluding tert-OH is 1. The standard InChI is InChI=1S/C10H22O2/c1-7-10(5,12-6)8(11)9(2,3)4/h8,11H,7H2,1-6H3. The second kappa shape index (κ2) is 3.75. The minimum Gasteiger partial charge on any atom is -0.390 e. The number of ether oxygens (including phenoxy) is 1. The summed E-state index contributed by atoms with van der Waals surface area (Å²) in [6.45, 7) is 10.0. The fourth-order valence-electron chi connectivity index (χ4n) is 1.37. The predicted octanol–water partition coefficient (Wildman–Crippen LogP) is 2.21. The number of aliphatic hydroxyl groups is 1. The largest absolute Gasteiger partial charge is 0.390 e. The molecule has 0 fully saturated rings. The summed E-state index contributed by atoms with van der Waals surface area (Å²) in [5.41, 5.74) is -0.543. The third kappa shape index (κ3) is 2.46. The molecule has 0 aliphatic carbocycles. The molecule has 2 unspecified atom stereocenters. The van der Waals surface area contributed by atoms with Crippen molar-refractivity contribution in [2.45, 2.75) is 52.7 Å². The second-order valence-corrected chi connectivity index (χ2v) is 4.64. The van der Waals surface area contributed by atoms with Crippen LogP contribution in [-0.2, 0) is 4.74 Å². The van der Waals surface area contributed by atoms with Gasteiger partial charge in [-0.2, -0.15) is 0 Å². The van der Waals surface area contributed by atoms with Crippen molar-refractivity contribution >= 4 is 0 Å². The molecule has 0 spiro atoms. The lowest BCUT2D eigenvalue weighted by molar-refractivity contribution is -0.132. The highest BCUT2D eigenvalue weighted by Gasteiger charge is 2.38. The van der Waals surface area contributed by atoms with Gasteiger partial charge in [-0.05, 0) is 18.8 Å². The van der Waals surface area contributed by atoms with E-state index in [1.165, 1.54) is 0 Å². The van der Waals surface area contributed by atoms with E-state index in [2.05, 4.69) is 0 Å². The normalized spacial score (nSPS) is 20.2. The second-order valence-electron chi connectivity index (χ2n) is 4.64. The molecule has 0 radical (unpaired) electrons. The van der Waals surface area contributed by atoms with Crippen LogP contribution >= 0.6 is 0 Å². The van der Waals surface area contributed by atoms with Gasteiger partial charge in [0.05, 0.1) is 11.7 Å². The molecule has 0 aromatic heterocycles. The smallest absolute Gasteiger partial charge is 0.0910 e. The molecule has 0 rings (SSSR count). The van der Waals surface area contributed by atoms with Crippen LogP contribution in [0.2, 0.25) is 0 Å². The van der Waals surface area contributed by atoms with Crippen LogP contribution in [-0.4, -0.2) is 23.9 Å². The molecule has 0 aromatic carbocycles. The monoisotopic (exact) mass is 174 g/mol. The molecule has 0 amide bonds. The fraction of sp³-hybridized carbons (Fsp3) is 1.00. The van der Waals surface area contributed by atoms with Crippen LogP contribution in [0.3, 0.4) is 0 Å². The molecule has 0 saturated heterocycles. The average molecular weight is 174 g/mol. The summed E-state index contributed by atoms with van der Waals surface area (Å²) in [4.78, 5) is 0. The highest BCUT2D eigenvalue weighted by atomic mass is 16.5. The van der Waals surface area contributed by atoms with Gasteiger partial charge in [-0.3, -0.25) is 0 Å². The maximum absolute atomic E-state index is 9.98. The number of hydrogen-bond acceptors (Lipinski definition) is 2. The summed E-state index contributed by atoms with van der Waals surface area (Å²) in [5.74, 6) is 0. The molecule has 0 bridgehead atoms. The molecule has 2 heteroatoms. The van der Waals surface area contributed by atoms with Gasteiger partial charge in [-0.15, -0.1) is 0 Å². The molecule has 1 N–H and O–H groups in total. The molecular weight excluding hydrogens is 152 g/mol. The first-order valence-corrected chi connectivity index (χ1v) is 4.51. The molecular formula is C10H22O2. The van der Waals surface area contributed by atoms with Crippen molar-refractivity contribution < 1.29 is 9.84 Å². The van der Waals surface area contributed by atoms with Crippen LogP contribution in [0.25, 0.3) is 0 Å². The van der Waals surface area contributed by atoms with Gasteiger partial charge in [0.1, 0.15) is 0 Å². The van der Waals surface area contributed by atoms with Gasteiger partial charge in [0.25, 0.3) is 0 Å². The SMILES string of the molecule is CCC(C)(OC)C(O)C(C)(C)C. The van der Waals surface area contributed by atoms with Gasteiger partial charge in [-0.25, -0.2) is 0 Å². The van der Waals surface area contributed by atoms with E-state index >= 15 is 0 Å². The quantitative estimate of drug-likeness (QED) is 0.711. The van der Waals surface area contributed by atoms with Crippen molar-refractivity contribution in [2.24, 2.45) is 5.41 Å². The van der Waals surface area contributed by atoms with Gasteiger partial charge < -0.3 is 9.84 Å². The van der Waals surface area contributed by atoms with Crippen LogP contribution in [0.15, 0.2) is 0 Å². The first-order chi connectivity index (χ1) is 5.28. The van der Waals surface area contributed by atoms with E-state index in [1.807, 2.05) is 34.6 Å². The molecule has 0 heterocycles. The Morgan fingerprint density at radius 3 is 1.75 bits per heavy atom. The van der Waals surface area contributed by atoms with E-state index in [-0.39, 0.29) is 5.41 Å². The first-order valence-electron chi connectivity index (χ1n) is 4.51. The van der Waals surface area contributed by atoms with E-state index in [0.29, 0.717) is 0 Å². The topological polar surface area (TPSA) is 29.5 Å². The Morgan fingerprint density at radius 1 is 1.25 bits per heavy atom. The molecule has 0 saturated carbocycles. The highest BCUT2D eigenvalue weighted by molar-refractivity contribution is 4.89. The van der Waals surface area contributed by atoms with Gasteiger partial charge in [0.2, 0.25) is 0 Å². The van der Waals surface area contributed by atoms with E-state index < -0.39 is 11.7 Å². The average Bonchev–Trinajstić information content (AvgIpc) is 2.00. The molecule has 2 atom stereocenters. The molecule has 0 aromatic rings. The number of methoxy groups -OCH3 is 1. The van der Waals surface area contributed by atoms with Crippen LogP contribution < -0.4 is 0 Å². The Morgan fingerprint density at radius 2 is 1.67 bits per heavy atom. The Labute approximate surface area is 75.9 Å². The fourth-order valence-corrected chi connectivity index (χ4v) is 1.37. The van der Waals surface area contributed by atoms with Crippen LogP contribution in [0.1, 0.15) is 41.0 Å². The Hall–Kier alpha value is -0.0800. The first kappa shape index (κ1) is 11.9. The van der Waals surface area contributed by atoms with Gasteiger partial charge in [-0.1, -0.05) is 27.7 Å². The Bertz CT molecular complexity index is 131. The zero-order valence-electron chi connectivity index (χ0n) is 9.14. The van der Waals surface area contributed by atoms with Crippen molar-refractivity contribution in [3.63, 3.8) is 0 Å². The molecule has 0 aliphatic rings. The maximum atomic E-state index is 9.98. The lowest BCUT2D eigenvalue weighted by atomic mass is 9.78. The minimum atomic E-state index is -0.431. The predicted molar refractivity (Wildman–Crippen MR) is 51.2 cm³/mol. The van der Waals surface area contributed by atoms with E-state index in [9.17, 15) is 5.11 Å². The van der Waals surface area contributed by atoms with Gasteiger partial charge in [0, 0.05) is 7.11 Å². The van der Waals surface area contributed by atoms with Crippen molar-refractivity contribution in [3.8, 4) is 0 Å². The van der Waals surface area contributed by atoms with E-state index in [4.69, 9.17) is 4.74 Å². The van der Waals surface area contributed by atoms with E-state index in [0.717, 1.165) is 6.42 Å². The molecule has 2 nitrogen and oxygen atoms in total. The van der Waals surface area contributed by atoms with Crippen molar-refractivity contribution in [2.75, 3.05) is 7.11 Å². The minimum absolute atomic E-state index is 0.124. The summed E-state index contributed by atoms with van der Waals surface area (Å²) in [6.07, 6.45) is 0.391. The lowest BCUT2D eigenvalue weighted by Gasteiger charge is -2.39. The summed E-state index contributed by atoms with van der Waals surface area (Å²) >= 11 is 0. The van der Waals surface area contributed by atoms with Crippen molar-refractivity contribution in [3.05, 3.63) is 0 Å². The summed E-state index contributed by atoms with van der Waals surface area (Å²) in [5, 5.41) is 9.98. The third-order valence-corrected chi connectivity index (χ3v) is 2.57. The summed E-state index contributed by atoms with van der Waals surface area (Å²) in [6, 6.07) is 0.